The first-order valence-electron chi connectivity index (χ1n) is 12.1. The number of halogens is 3. The van der Waals surface area contributed by atoms with Gasteiger partial charge in [-0.05, 0) is 47.2 Å². The van der Waals surface area contributed by atoms with Gasteiger partial charge >= 0.3 is 0 Å². The first-order chi connectivity index (χ1) is 17.5. The maximum atomic E-state index is 15.0. The van der Waals surface area contributed by atoms with Crippen molar-refractivity contribution in [1.29, 1.82) is 0 Å². The Hall–Kier alpha value is -3.73. The molecule has 5 heteroatoms. The van der Waals surface area contributed by atoms with Gasteiger partial charge in [0.2, 0.25) is 0 Å². The van der Waals surface area contributed by atoms with Gasteiger partial charge in [-0.2, -0.15) is 0 Å². The van der Waals surface area contributed by atoms with E-state index in [4.69, 9.17) is 9.47 Å². The molecule has 4 aromatic carbocycles. The average molecular weight is 491 g/mol. The standard InChI is InChI=1S/C31H29F3O2/c1-3-4-5-6-21-7-11-23(12-8-21)26-16-17-27(31(34)30(26)33)24-13-9-22(10-14-24)20-36-25-15-18-29(35-2)28(32)19-25/h7-19H,3-6,20H2,1-2H3. The summed E-state index contributed by atoms with van der Waals surface area (Å²) in [7, 11) is 1.40. The molecule has 0 heterocycles. The minimum Gasteiger partial charge on any atom is -0.494 e. The van der Waals surface area contributed by atoms with E-state index in [1.54, 1.807) is 42.5 Å². The molecule has 0 aliphatic heterocycles. The van der Waals surface area contributed by atoms with Crippen LogP contribution >= 0.6 is 0 Å². The third-order valence-electron chi connectivity index (χ3n) is 6.21. The van der Waals surface area contributed by atoms with Crippen LogP contribution in [0.4, 0.5) is 13.2 Å². The molecule has 4 aromatic rings. The lowest BCUT2D eigenvalue weighted by Gasteiger charge is -2.11. The van der Waals surface area contributed by atoms with E-state index in [0.717, 1.165) is 24.8 Å². The van der Waals surface area contributed by atoms with Crippen molar-refractivity contribution in [3.8, 4) is 33.8 Å². The number of rotatable bonds is 10. The summed E-state index contributed by atoms with van der Waals surface area (Å²) in [5, 5.41) is 0. The molecule has 0 atom stereocenters. The van der Waals surface area contributed by atoms with E-state index in [-0.39, 0.29) is 23.5 Å². The fourth-order valence-corrected chi connectivity index (χ4v) is 4.11. The predicted octanol–water partition coefficient (Wildman–Crippen LogP) is 8.76. The first kappa shape index (κ1) is 25.4. The van der Waals surface area contributed by atoms with E-state index in [1.165, 1.54) is 31.2 Å². The fraction of sp³-hybridized carbons (Fsp3) is 0.226. The maximum absolute atomic E-state index is 15.0. The molecule has 0 N–H and O–H groups in total. The third kappa shape index (κ3) is 5.91. The van der Waals surface area contributed by atoms with Crippen molar-refractivity contribution in [3.05, 3.63) is 107 Å². The molecule has 0 spiro atoms. The molecule has 0 unspecified atom stereocenters. The molecule has 0 bridgehead atoms. The van der Waals surface area contributed by atoms with Crippen LogP contribution < -0.4 is 9.47 Å². The van der Waals surface area contributed by atoms with Crippen LogP contribution in [0.25, 0.3) is 22.3 Å². The second-order valence-corrected chi connectivity index (χ2v) is 8.72. The van der Waals surface area contributed by atoms with Crippen LogP contribution in [-0.2, 0) is 13.0 Å². The normalized spacial score (nSPS) is 10.9. The molecular formula is C31H29F3O2. The lowest BCUT2D eigenvalue weighted by Crippen LogP contribution is -1.97. The number of hydrogen-bond acceptors (Lipinski definition) is 2. The molecule has 0 aliphatic carbocycles. The van der Waals surface area contributed by atoms with Crippen molar-refractivity contribution in [2.45, 2.75) is 39.2 Å². The highest BCUT2D eigenvalue weighted by Gasteiger charge is 2.16. The van der Waals surface area contributed by atoms with E-state index < -0.39 is 17.5 Å². The number of hydrogen-bond donors (Lipinski definition) is 0. The monoisotopic (exact) mass is 490 g/mol. The van der Waals surface area contributed by atoms with Crippen LogP contribution in [-0.4, -0.2) is 7.11 Å². The molecule has 0 fully saturated rings. The summed E-state index contributed by atoms with van der Waals surface area (Å²) in [5.41, 5.74) is 3.66. The number of ether oxygens (including phenoxy) is 2. The van der Waals surface area contributed by atoms with Crippen molar-refractivity contribution >= 4 is 0 Å². The zero-order valence-corrected chi connectivity index (χ0v) is 20.5. The Balaban J connectivity index is 1.45. The smallest absolute Gasteiger partial charge is 0.168 e. The molecule has 0 saturated heterocycles. The quantitative estimate of drug-likeness (QED) is 0.207. The molecule has 0 aromatic heterocycles. The molecule has 186 valence electrons. The molecule has 2 nitrogen and oxygen atoms in total. The Kier molecular flexibility index (Phi) is 8.32. The molecule has 4 rings (SSSR count). The first-order valence-corrected chi connectivity index (χ1v) is 12.1. The number of unbranched alkanes of at least 4 members (excludes halogenated alkanes) is 2. The highest BCUT2D eigenvalue weighted by atomic mass is 19.2. The van der Waals surface area contributed by atoms with Crippen LogP contribution in [0.15, 0.2) is 78.9 Å². The molecule has 0 radical (unpaired) electrons. The van der Waals surface area contributed by atoms with E-state index in [0.29, 0.717) is 16.9 Å². The van der Waals surface area contributed by atoms with Crippen molar-refractivity contribution in [1.82, 2.24) is 0 Å². The van der Waals surface area contributed by atoms with Gasteiger partial charge in [0.05, 0.1) is 7.11 Å². The molecule has 0 aliphatic rings. The topological polar surface area (TPSA) is 18.5 Å². The summed E-state index contributed by atoms with van der Waals surface area (Å²) >= 11 is 0. The van der Waals surface area contributed by atoms with Crippen LogP contribution in [0.5, 0.6) is 11.5 Å². The Labute approximate surface area is 210 Å². The number of aryl methyl sites for hydroxylation is 1. The van der Waals surface area contributed by atoms with Crippen molar-refractivity contribution < 1.29 is 22.6 Å². The van der Waals surface area contributed by atoms with Crippen LogP contribution in [0.3, 0.4) is 0 Å². The zero-order chi connectivity index (χ0) is 25.5. The van der Waals surface area contributed by atoms with E-state index in [2.05, 4.69) is 6.92 Å². The Morgan fingerprint density at radius 1 is 0.667 bits per heavy atom. The van der Waals surface area contributed by atoms with Gasteiger partial charge in [-0.15, -0.1) is 0 Å². The highest BCUT2D eigenvalue weighted by molar-refractivity contribution is 5.72. The minimum atomic E-state index is -0.878. The van der Waals surface area contributed by atoms with Gasteiger partial charge in [-0.1, -0.05) is 80.4 Å². The van der Waals surface area contributed by atoms with Gasteiger partial charge in [0.1, 0.15) is 12.4 Å². The van der Waals surface area contributed by atoms with Gasteiger partial charge in [0.25, 0.3) is 0 Å². The summed E-state index contributed by atoms with van der Waals surface area (Å²) in [5.74, 6) is -1.73. The third-order valence-corrected chi connectivity index (χ3v) is 6.21. The second kappa shape index (κ2) is 11.8. The zero-order valence-electron chi connectivity index (χ0n) is 20.5. The maximum Gasteiger partial charge on any atom is 0.168 e. The van der Waals surface area contributed by atoms with Crippen molar-refractivity contribution in [3.63, 3.8) is 0 Å². The number of methoxy groups -OCH3 is 1. The lowest BCUT2D eigenvalue weighted by molar-refractivity contribution is 0.302. The summed E-state index contributed by atoms with van der Waals surface area (Å²) < 4.78 is 54.4. The summed E-state index contributed by atoms with van der Waals surface area (Å²) in [6.07, 6.45) is 4.45. The number of benzene rings is 4. The predicted molar refractivity (Wildman–Crippen MR) is 138 cm³/mol. The summed E-state index contributed by atoms with van der Waals surface area (Å²) in [6, 6.07) is 22.3. The van der Waals surface area contributed by atoms with Gasteiger partial charge in [0.15, 0.2) is 23.2 Å². The Bertz CT molecular complexity index is 1300. The molecule has 0 amide bonds. The van der Waals surface area contributed by atoms with E-state index >= 15 is 8.78 Å². The average Bonchev–Trinajstić information content (AvgIpc) is 2.90. The van der Waals surface area contributed by atoms with Gasteiger partial charge in [-0.3, -0.25) is 0 Å². The summed E-state index contributed by atoms with van der Waals surface area (Å²) in [4.78, 5) is 0. The van der Waals surface area contributed by atoms with Crippen LogP contribution in [0, 0.1) is 17.5 Å². The molecule has 36 heavy (non-hydrogen) atoms. The van der Waals surface area contributed by atoms with E-state index in [9.17, 15) is 4.39 Å². The SMILES string of the molecule is CCCCCc1ccc(-c2ccc(-c3ccc(COc4ccc(OC)c(F)c4)cc3)c(F)c2F)cc1. The fourth-order valence-electron chi connectivity index (χ4n) is 4.11. The second-order valence-electron chi connectivity index (χ2n) is 8.72. The Morgan fingerprint density at radius 2 is 1.25 bits per heavy atom. The minimum absolute atomic E-state index is 0.145. The van der Waals surface area contributed by atoms with Crippen LogP contribution in [0.1, 0.15) is 37.3 Å². The van der Waals surface area contributed by atoms with Gasteiger partial charge in [0, 0.05) is 17.2 Å². The lowest BCUT2D eigenvalue weighted by atomic mass is 9.97. The van der Waals surface area contributed by atoms with E-state index in [1.807, 2.05) is 24.3 Å². The van der Waals surface area contributed by atoms with Gasteiger partial charge in [-0.25, -0.2) is 13.2 Å². The Morgan fingerprint density at radius 3 is 1.78 bits per heavy atom. The molecular weight excluding hydrogens is 461 g/mol. The highest BCUT2D eigenvalue weighted by Crippen LogP contribution is 2.32. The van der Waals surface area contributed by atoms with Crippen molar-refractivity contribution in [2.75, 3.05) is 7.11 Å². The van der Waals surface area contributed by atoms with Crippen LogP contribution in [0.2, 0.25) is 0 Å². The van der Waals surface area contributed by atoms with Gasteiger partial charge < -0.3 is 9.47 Å². The largest absolute Gasteiger partial charge is 0.494 e. The summed E-state index contributed by atoms with van der Waals surface area (Å²) in [6.45, 7) is 2.37. The molecule has 0 saturated carbocycles. The van der Waals surface area contributed by atoms with Crippen molar-refractivity contribution in [2.24, 2.45) is 0 Å².